The summed E-state index contributed by atoms with van der Waals surface area (Å²) in [5.41, 5.74) is 2.81. The molecule has 0 spiro atoms. The third kappa shape index (κ3) is 16.7. The summed E-state index contributed by atoms with van der Waals surface area (Å²) < 4.78 is 5.51. The normalized spacial score (nSPS) is 12.2. The molecule has 40 heavy (non-hydrogen) atoms. The van der Waals surface area contributed by atoms with Crippen LogP contribution in [0.5, 0.6) is 5.75 Å². The van der Waals surface area contributed by atoms with Crippen LogP contribution in [0.1, 0.15) is 187 Å². The second-order valence-electron chi connectivity index (χ2n) is 14.3. The molecule has 0 heterocycles. The van der Waals surface area contributed by atoms with E-state index in [2.05, 4.69) is 60.6 Å². The van der Waals surface area contributed by atoms with Crippen molar-refractivity contribution in [3.05, 3.63) is 28.8 Å². The molecule has 0 unspecified atom stereocenters. The predicted molar refractivity (Wildman–Crippen MR) is 174 cm³/mol. The molecule has 0 amide bonds. The number of rotatable bonds is 22. The van der Waals surface area contributed by atoms with E-state index in [1.54, 1.807) is 0 Å². The predicted octanol–water partition coefficient (Wildman–Crippen LogP) is 11.5. The number of benzene rings is 1. The van der Waals surface area contributed by atoms with Crippen LogP contribution in [0.15, 0.2) is 12.1 Å². The Morgan fingerprint density at radius 1 is 0.650 bits per heavy atom. The quantitative estimate of drug-likeness (QED) is 0.114. The molecule has 0 saturated carbocycles. The highest BCUT2D eigenvalue weighted by molar-refractivity contribution is 5.70. The largest absolute Gasteiger partial charge is 0.507 e. The van der Waals surface area contributed by atoms with Crippen molar-refractivity contribution in [1.82, 2.24) is 0 Å². The second kappa shape index (κ2) is 20.4. The lowest BCUT2D eigenvalue weighted by atomic mass is 9.78. The molecular formula is C37H66O3. The van der Waals surface area contributed by atoms with Crippen LogP contribution in [0.25, 0.3) is 0 Å². The zero-order chi connectivity index (χ0) is 29.9. The molecule has 232 valence electrons. The summed E-state index contributed by atoms with van der Waals surface area (Å²) in [6, 6.07) is 4.19. The Hall–Kier alpha value is -1.51. The zero-order valence-corrected chi connectivity index (χ0v) is 27.8. The molecule has 1 N–H and O–H groups in total. The van der Waals surface area contributed by atoms with E-state index in [9.17, 15) is 9.90 Å². The average molecular weight is 559 g/mol. The summed E-state index contributed by atoms with van der Waals surface area (Å²) in [7, 11) is 0. The van der Waals surface area contributed by atoms with E-state index in [1.807, 2.05) is 0 Å². The lowest BCUT2D eigenvalue weighted by molar-refractivity contribution is -0.143. The lowest BCUT2D eigenvalue weighted by Crippen LogP contribution is -2.18. The fourth-order valence-electron chi connectivity index (χ4n) is 5.39. The SMILES string of the molecule is CCCCCCCCCCCCCCCCCCCCOC(=O)CCc1cc(C(C)(C)C)cc(C(C)(C)C)c1O. The minimum atomic E-state index is -0.162. The van der Waals surface area contributed by atoms with Gasteiger partial charge in [-0.25, -0.2) is 0 Å². The summed E-state index contributed by atoms with van der Waals surface area (Å²) in [5, 5.41) is 10.9. The van der Waals surface area contributed by atoms with Crippen LogP contribution in [-0.4, -0.2) is 17.7 Å². The van der Waals surface area contributed by atoms with Gasteiger partial charge in [0.25, 0.3) is 0 Å². The van der Waals surface area contributed by atoms with E-state index in [0.717, 1.165) is 24.0 Å². The van der Waals surface area contributed by atoms with Crippen LogP contribution in [0.4, 0.5) is 0 Å². The van der Waals surface area contributed by atoms with E-state index in [4.69, 9.17) is 4.74 Å². The second-order valence-corrected chi connectivity index (χ2v) is 14.3. The Balaban J connectivity index is 2.08. The van der Waals surface area contributed by atoms with Gasteiger partial charge in [-0.1, -0.05) is 170 Å². The Kier molecular flexibility index (Phi) is 18.6. The van der Waals surface area contributed by atoms with Gasteiger partial charge in [0, 0.05) is 6.42 Å². The number of hydrogen-bond donors (Lipinski definition) is 1. The number of phenolic OH excluding ortho intramolecular Hbond substituents is 1. The van der Waals surface area contributed by atoms with Gasteiger partial charge in [0.05, 0.1) is 6.61 Å². The van der Waals surface area contributed by atoms with E-state index in [1.165, 1.54) is 108 Å². The van der Waals surface area contributed by atoms with Crippen molar-refractivity contribution >= 4 is 5.97 Å². The third-order valence-corrected chi connectivity index (χ3v) is 8.22. The number of hydrogen-bond acceptors (Lipinski definition) is 3. The van der Waals surface area contributed by atoms with Crippen molar-refractivity contribution in [2.24, 2.45) is 0 Å². The molecule has 0 aromatic heterocycles. The average Bonchev–Trinajstić information content (AvgIpc) is 2.88. The van der Waals surface area contributed by atoms with E-state index >= 15 is 0 Å². The van der Waals surface area contributed by atoms with Crippen molar-refractivity contribution in [2.75, 3.05) is 6.61 Å². The molecule has 1 rings (SSSR count). The number of aryl methyl sites for hydroxylation is 1. The number of ether oxygens (including phenoxy) is 1. The van der Waals surface area contributed by atoms with Crippen molar-refractivity contribution in [2.45, 2.75) is 188 Å². The lowest BCUT2D eigenvalue weighted by Gasteiger charge is -2.27. The van der Waals surface area contributed by atoms with Gasteiger partial charge in [-0.2, -0.15) is 0 Å². The maximum absolute atomic E-state index is 12.4. The maximum Gasteiger partial charge on any atom is 0.306 e. The smallest absolute Gasteiger partial charge is 0.306 e. The number of unbranched alkanes of at least 4 members (excludes halogenated alkanes) is 17. The minimum absolute atomic E-state index is 0.0182. The Labute approximate surface area is 249 Å². The molecule has 0 atom stereocenters. The number of esters is 1. The highest BCUT2D eigenvalue weighted by Gasteiger charge is 2.25. The first-order valence-electron chi connectivity index (χ1n) is 17.0. The fourth-order valence-corrected chi connectivity index (χ4v) is 5.39. The van der Waals surface area contributed by atoms with Crippen LogP contribution in [0, 0.1) is 0 Å². The van der Waals surface area contributed by atoms with Crippen molar-refractivity contribution in [1.29, 1.82) is 0 Å². The highest BCUT2D eigenvalue weighted by atomic mass is 16.5. The maximum atomic E-state index is 12.4. The third-order valence-electron chi connectivity index (χ3n) is 8.22. The van der Waals surface area contributed by atoms with Gasteiger partial charge in [0.2, 0.25) is 0 Å². The van der Waals surface area contributed by atoms with Gasteiger partial charge in [0.1, 0.15) is 5.75 Å². The first-order chi connectivity index (χ1) is 19.0. The van der Waals surface area contributed by atoms with Crippen LogP contribution in [0.3, 0.4) is 0 Å². The summed E-state index contributed by atoms with van der Waals surface area (Å²) in [5.74, 6) is 0.168. The molecule has 0 radical (unpaired) electrons. The topological polar surface area (TPSA) is 46.5 Å². The molecule has 0 saturated heterocycles. The van der Waals surface area contributed by atoms with Gasteiger partial charge in [-0.15, -0.1) is 0 Å². The first-order valence-corrected chi connectivity index (χ1v) is 17.0. The van der Waals surface area contributed by atoms with Crippen LogP contribution < -0.4 is 0 Å². The van der Waals surface area contributed by atoms with Crippen LogP contribution in [0.2, 0.25) is 0 Å². The first kappa shape index (κ1) is 36.5. The summed E-state index contributed by atoms with van der Waals surface area (Å²) in [6.45, 7) is 15.7. The molecule has 1 aromatic carbocycles. The van der Waals surface area contributed by atoms with Gasteiger partial charge in [-0.3, -0.25) is 4.79 Å². The zero-order valence-electron chi connectivity index (χ0n) is 27.8. The minimum Gasteiger partial charge on any atom is -0.507 e. The molecule has 3 heteroatoms. The molecule has 0 bridgehead atoms. The molecular weight excluding hydrogens is 492 g/mol. The van der Waals surface area contributed by atoms with Crippen molar-refractivity contribution < 1.29 is 14.6 Å². The van der Waals surface area contributed by atoms with Crippen LogP contribution in [-0.2, 0) is 26.8 Å². The number of carbonyl (C=O) groups excluding carboxylic acids is 1. The number of phenols is 1. The van der Waals surface area contributed by atoms with E-state index < -0.39 is 0 Å². The molecule has 1 aromatic rings. The number of carbonyl (C=O) groups is 1. The Morgan fingerprint density at radius 3 is 1.48 bits per heavy atom. The highest BCUT2D eigenvalue weighted by Crippen LogP contribution is 2.38. The summed E-state index contributed by atoms with van der Waals surface area (Å²) in [6.07, 6.45) is 25.2. The Morgan fingerprint density at radius 2 is 1.07 bits per heavy atom. The monoisotopic (exact) mass is 559 g/mol. The Bertz CT molecular complexity index is 797. The standard InChI is InChI=1S/C37H66O3/c1-8-9-10-11-12-13-14-15-16-17-18-19-20-21-22-23-24-25-28-40-34(38)27-26-31-29-32(36(2,3)4)30-33(35(31)39)37(5,6)7/h29-30,39H,8-28H2,1-7H3. The fraction of sp³-hybridized carbons (Fsp3) is 0.811. The molecule has 0 aliphatic carbocycles. The molecule has 0 aliphatic rings. The van der Waals surface area contributed by atoms with Gasteiger partial charge >= 0.3 is 5.97 Å². The summed E-state index contributed by atoms with van der Waals surface area (Å²) in [4.78, 5) is 12.4. The van der Waals surface area contributed by atoms with Crippen LogP contribution >= 0.6 is 0 Å². The number of aromatic hydroxyl groups is 1. The van der Waals surface area contributed by atoms with Crippen molar-refractivity contribution in [3.8, 4) is 5.75 Å². The molecule has 0 aliphatic heterocycles. The van der Waals surface area contributed by atoms with E-state index in [0.29, 0.717) is 25.2 Å². The van der Waals surface area contributed by atoms with Gasteiger partial charge in [0.15, 0.2) is 0 Å². The van der Waals surface area contributed by atoms with Gasteiger partial charge < -0.3 is 9.84 Å². The molecule has 0 fully saturated rings. The van der Waals surface area contributed by atoms with Crippen molar-refractivity contribution in [3.63, 3.8) is 0 Å². The molecule has 3 nitrogen and oxygen atoms in total. The summed E-state index contributed by atoms with van der Waals surface area (Å²) >= 11 is 0. The van der Waals surface area contributed by atoms with E-state index in [-0.39, 0.29) is 16.8 Å². The van der Waals surface area contributed by atoms with Gasteiger partial charge in [-0.05, 0) is 40.4 Å².